The summed E-state index contributed by atoms with van der Waals surface area (Å²) in [5.41, 5.74) is 3.62. The van der Waals surface area contributed by atoms with E-state index in [1.807, 2.05) is 6.08 Å². The number of halogens is 1. The van der Waals surface area contributed by atoms with Crippen molar-refractivity contribution in [3.8, 4) is 0 Å². The predicted molar refractivity (Wildman–Crippen MR) is 132 cm³/mol. The van der Waals surface area contributed by atoms with Crippen molar-refractivity contribution in [2.75, 3.05) is 44.0 Å². The highest BCUT2D eigenvalue weighted by atomic mass is 35.5. The molecule has 3 N–H and O–H groups in total. The normalized spacial score (nSPS) is 25.7. The van der Waals surface area contributed by atoms with E-state index in [1.165, 1.54) is 11.1 Å². The topological polar surface area (TPSA) is 99.6 Å². The summed E-state index contributed by atoms with van der Waals surface area (Å²) in [6, 6.07) is 6.16. The van der Waals surface area contributed by atoms with Gasteiger partial charge in [0.15, 0.2) is 5.82 Å². The van der Waals surface area contributed by atoms with Crippen molar-refractivity contribution >= 4 is 35.0 Å². The molecule has 1 aromatic heterocycles. The van der Waals surface area contributed by atoms with Crippen LogP contribution in [0.1, 0.15) is 17.5 Å². The highest BCUT2D eigenvalue weighted by molar-refractivity contribution is 6.32. The van der Waals surface area contributed by atoms with Gasteiger partial charge < -0.3 is 25.4 Å². The van der Waals surface area contributed by atoms with Gasteiger partial charge in [-0.2, -0.15) is 4.98 Å². The molecule has 1 fully saturated rings. The summed E-state index contributed by atoms with van der Waals surface area (Å²) in [6.45, 7) is 3.74. The van der Waals surface area contributed by atoms with Gasteiger partial charge in [-0.15, -0.1) is 0 Å². The number of hydrogen-bond donors (Lipinski definition) is 3. The molecule has 8 nitrogen and oxygen atoms in total. The minimum Gasteiger partial charge on any atom is -0.481 e. The number of aliphatic carboxylic acids is 1. The number of hydrogen-bond acceptors (Lipinski definition) is 7. The number of nitrogens with zero attached hydrogens (tertiary/aromatic N) is 3. The molecule has 1 aromatic carbocycles. The first-order valence-electron chi connectivity index (χ1n) is 11.8. The summed E-state index contributed by atoms with van der Waals surface area (Å²) in [6.07, 6.45) is 8.52. The van der Waals surface area contributed by atoms with Crippen LogP contribution in [0, 0.1) is 17.8 Å². The Morgan fingerprint density at radius 1 is 1.24 bits per heavy atom. The number of carbonyl (C=O) groups is 1. The Hall–Kier alpha value is -2.68. The molecular formula is C25H30ClN5O3. The summed E-state index contributed by atoms with van der Waals surface area (Å²) in [5, 5.41) is 16.7. The third-order valence-corrected chi connectivity index (χ3v) is 7.54. The van der Waals surface area contributed by atoms with Gasteiger partial charge in [-0.1, -0.05) is 29.8 Å². The molecule has 0 radical (unpaired) electrons. The lowest BCUT2D eigenvalue weighted by molar-refractivity contribution is -0.142. The number of benzene rings is 1. The van der Waals surface area contributed by atoms with Crippen LogP contribution in [0.25, 0.3) is 0 Å². The van der Waals surface area contributed by atoms with Crippen molar-refractivity contribution in [1.29, 1.82) is 0 Å². The first-order valence-corrected chi connectivity index (χ1v) is 12.2. The zero-order chi connectivity index (χ0) is 23.7. The zero-order valence-corrected chi connectivity index (χ0v) is 20.0. The van der Waals surface area contributed by atoms with Crippen LogP contribution in [-0.4, -0.2) is 65.3 Å². The number of fused-ring (bicyclic) bond motifs is 3. The van der Waals surface area contributed by atoms with Crippen molar-refractivity contribution < 1.29 is 14.6 Å². The molecule has 2 aliphatic carbocycles. The molecule has 0 saturated heterocycles. The molecule has 0 amide bonds. The van der Waals surface area contributed by atoms with Crippen LogP contribution >= 0.6 is 11.6 Å². The van der Waals surface area contributed by atoms with E-state index in [0.717, 1.165) is 51.2 Å². The van der Waals surface area contributed by atoms with Crippen molar-refractivity contribution in [1.82, 2.24) is 14.9 Å². The maximum atomic E-state index is 11.8. The Kier molecular flexibility index (Phi) is 6.72. The van der Waals surface area contributed by atoms with Crippen LogP contribution in [0.3, 0.4) is 0 Å². The van der Waals surface area contributed by atoms with Crippen LogP contribution in [0.4, 0.5) is 17.5 Å². The Morgan fingerprint density at radius 2 is 2.03 bits per heavy atom. The second kappa shape index (κ2) is 9.90. The molecule has 3 aliphatic rings. The monoisotopic (exact) mass is 483 g/mol. The van der Waals surface area contributed by atoms with Gasteiger partial charge in [0.05, 0.1) is 18.7 Å². The van der Waals surface area contributed by atoms with E-state index in [-0.39, 0.29) is 17.9 Å². The smallest absolute Gasteiger partial charge is 0.309 e. The third kappa shape index (κ3) is 4.76. The quantitative estimate of drug-likeness (QED) is 0.490. The zero-order valence-electron chi connectivity index (χ0n) is 19.2. The Balaban J connectivity index is 1.29. The molecular weight excluding hydrogens is 454 g/mol. The molecule has 2 heterocycles. The average Bonchev–Trinajstić information content (AvgIpc) is 3.37. The van der Waals surface area contributed by atoms with Gasteiger partial charge in [0, 0.05) is 38.5 Å². The van der Waals surface area contributed by atoms with Crippen molar-refractivity contribution in [2.24, 2.45) is 17.8 Å². The number of carboxylic acids is 1. The summed E-state index contributed by atoms with van der Waals surface area (Å²) < 4.78 is 5.23. The minimum atomic E-state index is -0.788. The van der Waals surface area contributed by atoms with E-state index >= 15 is 0 Å². The predicted octanol–water partition coefficient (Wildman–Crippen LogP) is 3.61. The van der Waals surface area contributed by atoms with Crippen LogP contribution in [0.5, 0.6) is 0 Å². The summed E-state index contributed by atoms with van der Waals surface area (Å²) >= 11 is 6.38. The molecule has 1 saturated carbocycles. The van der Waals surface area contributed by atoms with Gasteiger partial charge >= 0.3 is 5.97 Å². The summed E-state index contributed by atoms with van der Waals surface area (Å²) in [7, 11) is 1.74. The van der Waals surface area contributed by atoms with Gasteiger partial charge in [-0.3, -0.25) is 4.79 Å². The molecule has 2 aromatic rings. The van der Waals surface area contributed by atoms with Crippen LogP contribution in [-0.2, 0) is 22.4 Å². The second-order valence-electron chi connectivity index (χ2n) is 9.32. The summed E-state index contributed by atoms with van der Waals surface area (Å²) in [5.74, 6) is -0.161. The number of allylic oxidation sites excluding steroid dienone is 1. The number of rotatable bonds is 8. The van der Waals surface area contributed by atoms with Crippen molar-refractivity contribution in [2.45, 2.75) is 25.3 Å². The van der Waals surface area contributed by atoms with Gasteiger partial charge in [0.2, 0.25) is 5.95 Å². The number of nitrogens with one attached hydrogen (secondary N) is 2. The molecule has 34 heavy (non-hydrogen) atoms. The number of ether oxygens (including phenoxy) is 1. The molecule has 2 bridgehead atoms. The highest BCUT2D eigenvalue weighted by Crippen LogP contribution is 2.45. The highest BCUT2D eigenvalue weighted by Gasteiger charge is 2.48. The molecule has 9 heteroatoms. The first-order chi connectivity index (χ1) is 16.5. The standard InChI is InChI=1S/C25H30ClN5O3/c1-34-11-10-31-8-6-15-4-5-19(13-16(15)7-9-31)28-25-27-14-20(26)23(30-25)29-22-18-3-2-17(12-18)21(22)24(32)33/h2-5,13-14,17-18,21-22H,6-12H2,1H3,(H,32,33)(H2,27,28,29,30)/t17-,18+,21-,22+/m0/s1. The van der Waals surface area contributed by atoms with Crippen LogP contribution in [0.15, 0.2) is 36.5 Å². The fourth-order valence-corrected chi connectivity index (χ4v) is 5.61. The Morgan fingerprint density at radius 3 is 2.82 bits per heavy atom. The van der Waals surface area contributed by atoms with Crippen molar-refractivity contribution in [3.05, 3.63) is 52.7 Å². The van der Waals surface area contributed by atoms with E-state index in [4.69, 9.17) is 16.3 Å². The Bertz CT molecular complexity index is 1090. The number of anilines is 3. The maximum Gasteiger partial charge on any atom is 0.309 e. The largest absolute Gasteiger partial charge is 0.481 e. The molecule has 1 aliphatic heterocycles. The van der Waals surface area contributed by atoms with Gasteiger partial charge in [-0.05, 0) is 54.4 Å². The molecule has 0 spiro atoms. The number of aromatic nitrogens is 2. The van der Waals surface area contributed by atoms with E-state index in [0.29, 0.717) is 16.8 Å². The number of carboxylic acid groups (broad SMARTS) is 1. The lowest BCUT2D eigenvalue weighted by Gasteiger charge is -2.26. The van der Waals surface area contributed by atoms with E-state index in [2.05, 4.69) is 49.8 Å². The fraction of sp³-hybridized carbons (Fsp3) is 0.480. The van der Waals surface area contributed by atoms with Crippen LogP contribution in [0.2, 0.25) is 5.02 Å². The fourth-order valence-electron chi connectivity index (χ4n) is 5.46. The van der Waals surface area contributed by atoms with Crippen molar-refractivity contribution in [3.63, 3.8) is 0 Å². The first kappa shape index (κ1) is 23.1. The van der Waals surface area contributed by atoms with E-state index in [9.17, 15) is 9.90 Å². The van der Waals surface area contributed by atoms with Gasteiger partial charge in [0.1, 0.15) is 5.02 Å². The SMILES string of the molecule is COCCN1CCc2ccc(Nc3ncc(Cl)c(N[C@H]4[C@@H](C(=O)O)[C@H]5C=C[C@@H]4C5)n3)cc2CC1. The van der Waals surface area contributed by atoms with Gasteiger partial charge in [0.25, 0.3) is 0 Å². The minimum absolute atomic E-state index is 0.0585. The second-order valence-corrected chi connectivity index (χ2v) is 9.72. The average molecular weight is 484 g/mol. The lowest BCUT2D eigenvalue weighted by atomic mass is 9.89. The molecule has 5 rings (SSSR count). The molecule has 180 valence electrons. The Labute approximate surface area is 204 Å². The van der Waals surface area contributed by atoms with Crippen LogP contribution < -0.4 is 10.6 Å². The van der Waals surface area contributed by atoms with E-state index < -0.39 is 11.9 Å². The summed E-state index contributed by atoms with van der Waals surface area (Å²) in [4.78, 5) is 23.2. The lowest BCUT2D eigenvalue weighted by Crippen LogP contribution is -2.38. The maximum absolute atomic E-state index is 11.8. The molecule has 4 atom stereocenters. The third-order valence-electron chi connectivity index (χ3n) is 7.26. The van der Waals surface area contributed by atoms with Gasteiger partial charge in [-0.25, -0.2) is 4.98 Å². The number of methoxy groups -OCH3 is 1. The van der Waals surface area contributed by atoms with E-state index in [1.54, 1.807) is 13.3 Å². The molecule has 0 unspecified atom stereocenters.